The summed E-state index contributed by atoms with van der Waals surface area (Å²) in [6.45, 7) is -0.335. The summed E-state index contributed by atoms with van der Waals surface area (Å²) in [4.78, 5) is 12.7. The molecule has 0 aromatic heterocycles. The van der Waals surface area contributed by atoms with Crippen molar-refractivity contribution >= 4 is 67.0 Å². The Balaban J connectivity index is 1.72. The highest BCUT2D eigenvalue weighted by atomic mass is 79.9. The minimum Gasteiger partial charge on any atom is -0.497 e. The van der Waals surface area contributed by atoms with E-state index in [0.717, 1.165) is 16.1 Å². The van der Waals surface area contributed by atoms with Crippen molar-refractivity contribution in [3.8, 4) is 23.0 Å². The maximum atomic E-state index is 12.7. The Bertz CT molecular complexity index is 1520. The number of hydrogen-bond donors (Lipinski definition) is 1. The van der Waals surface area contributed by atoms with E-state index in [4.69, 9.17) is 42.1 Å². The molecule has 3 rings (SSSR count). The van der Waals surface area contributed by atoms with E-state index in [9.17, 15) is 13.2 Å². The number of benzene rings is 3. The van der Waals surface area contributed by atoms with Gasteiger partial charge in [0.1, 0.15) is 24.7 Å². The van der Waals surface area contributed by atoms with Crippen LogP contribution in [0.15, 0.2) is 58.1 Å². The zero-order valence-electron chi connectivity index (χ0n) is 21.9. The molecule has 10 nitrogen and oxygen atoms in total. The molecule has 0 aliphatic heterocycles. The normalized spacial score (nSPS) is 11.3. The van der Waals surface area contributed by atoms with Crippen molar-refractivity contribution in [2.24, 2.45) is 5.10 Å². The highest BCUT2D eigenvalue weighted by Gasteiger charge is 2.24. The second-order valence-electron chi connectivity index (χ2n) is 8.17. The summed E-state index contributed by atoms with van der Waals surface area (Å²) in [7, 11) is 0.465. The van der Waals surface area contributed by atoms with E-state index >= 15 is 0 Å². The summed E-state index contributed by atoms with van der Waals surface area (Å²) in [6.07, 6.45) is 2.36. The van der Waals surface area contributed by atoms with Crippen molar-refractivity contribution in [3.63, 3.8) is 0 Å². The summed E-state index contributed by atoms with van der Waals surface area (Å²) >= 11 is 15.5. The molecule has 0 atom stereocenters. The molecule has 3 aromatic carbocycles. The van der Waals surface area contributed by atoms with Crippen molar-refractivity contribution in [1.29, 1.82) is 0 Å². The van der Waals surface area contributed by atoms with Crippen molar-refractivity contribution in [2.45, 2.75) is 6.61 Å². The average Bonchev–Trinajstić information content (AvgIpc) is 2.91. The number of methoxy groups -OCH3 is 3. The van der Waals surface area contributed by atoms with Crippen LogP contribution in [0.25, 0.3) is 0 Å². The summed E-state index contributed by atoms with van der Waals surface area (Å²) in [5.41, 5.74) is 3.87. The number of hydrazone groups is 1. The highest BCUT2D eigenvalue weighted by molar-refractivity contribution is 9.10. The molecule has 0 spiro atoms. The average molecular weight is 675 g/mol. The topological polar surface area (TPSA) is 116 Å². The first-order chi connectivity index (χ1) is 19.0. The number of nitrogens with one attached hydrogen (secondary N) is 1. The fraction of sp³-hybridized carbons (Fsp3) is 0.231. The Labute approximate surface area is 250 Å². The smallest absolute Gasteiger partial charge is 0.260 e. The van der Waals surface area contributed by atoms with Crippen LogP contribution in [0.4, 0.5) is 5.69 Å². The number of amides is 1. The molecule has 40 heavy (non-hydrogen) atoms. The first kappa shape index (κ1) is 31.3. The van der Waals surface area contributed by atoms with Crippen molar-refractivity contribution in [1.82, 2.24) is 5.43 Å². The third kappa shape index (κ3) is 8.17. The molecule has 0 aliphatic rings. The summed E-state index contributed by atoms with van der Waals surface area (Å²) < 4.78 is 48.3. The van der Waals surface area contributed by atoms with Gasteiger partial charge in [0.25, 0.3) is 5.91 Å². The maximum absolute atomic E-state index is 12.7. The number of carbonyl (C=O) groups is 1. The summed E-state index contributed by atoms with van der Waals surface area (Å²) in [6, 6.07) is 13.2. The quantitative estimate of drug-likeness (QED) is 0.205. The van der Waals surface area contributed by atoms with Gasteiger partial charge in [0.15, 0.2) is 11.5 Å². The Hall–Kier alpha value is -3.19. The van der Waals surface area contributed by atoms with Crippen LogP contribution in [0.2, 0.25) is 10.0 Å². The van der Waals surface area contributed by atoms with Crippen LogP contribution < -0.4 is 28.7 Å². The lowest BCUT2D eigenvalue weighted by atomic mass is 10.2. The fourth-order valence-electron chi connectivity index (χ4n) is 3.46. The van der Waals surface area contributed by atoms with Gasteiger partial charge in [-0.05, 0) is 63.5 Å². The Kier molecular flexibility index (Phi) is 10.9. The zero-order chi connectivity index (χ0) is 29.4. The van der Waals surface area contributed by atoms with E-state index in [2.05, 4.69) is 26.5 Å². The van der Waals surface area contributed by atoms with E-state index in [1.807, 2.05) is 0 Å². The Morgan fingerprint density at radius 3 is 2.35 bits per heavy atom. The maximum Gasteiger partial charge on any atom is 0.260 e. The lowest BCUT2D eigenvalue weighted by Gasteiger charge is -2.23. The van der Waals surface area contributed by atoms with Crippen LogP contribution in [0.3, 0.4) is 0 Å². The third-order valence-corrected chi connectivity index (χ3v) is 7.82. The molecule has 0 saturated heterocycles. The van der Waals surface area contributed by atoms with E-state index in [0.29, 0.717) is 37.3 Å². The largest absolute Gasteiger partial charge is 0.497 e. The van der Waals surface area contributed by atoms with Gasteiger partial charge in [-0.1, -0.05) is 29.3 Å². The molecule has 1 amide bonds. The monoisotopic (exact) mass is 673 g/mol. The summed E-state index contributed by atoms with van der Waals surface area (Å²) in [5.74, 6) is 0.827. The molecule has 3 aromatic rings. The van der Waals surface area contributed by atoms with Crippen LogP contribution in [0.5, 0.6) is 23.0 Å². The molecule has 214 valence electrons. The fourth-order valence-corrected chi connectivity index (χ4v) is 5.20. The number of rotatable bonds is 12. The number of nitrogens with zero attached hydrogens (tertiary/aromatic N) is 2. The minimum absolute atomic E-state index is 0.147. The van der Waals surface area contributed by atoms with Gasteiger partial charge >= 0.3 is 0 Å². The number of anilines is 1. The molecular formula is C26H26BrCl2N3O7S. The molecule has 0 unspecified atom stereocenters. The predicted molar refractivity (Wildman–Crippen MR) is 159 cm³/mol. The first-order valence-electron chi connectivity index (χ1n) is 11.4. The predicted octanol–water partition coefficient (Wildman–Crippen LogP) is 5.28. The van der Waals surface area contributed by atoms with Gasteiger partial charge in [-0.25, -0.2) is 13.8 Å². The third-order valence-electron chi connectivity index (χ3n) is 5.36. The first-order valence-corrected chi connectivity index (χ1v) is 14.8. The van der Waals surface area contributed by atoms with Crippen LogP contribution in [-0.2, 0) is 21.4 Å². The van der Waals surface area contributed by atoms with E-state index < -0.39 is 22.5 Å². The molecule has 0 saturated carbocycles. The van der Waals surface area contributed by atoms with E-state index in [1.165, 1.54) is 33.6 Å². The molecule has 0 heterocycles. The lowest BCUT2D eigenvalue weighted by molar-refractivity contribution is -0.119. The Morgan fingerprint density at radius 1 is 1.00 bits per heavy atom. The SMILES string of the molecule is COc1ccc(OC)c(N(CC(=O)N/N=C\c2cc(Br)c(OCc3ccc(Cl)c(Cl)c3)c(OC)c2)S(C)(=O)=O)c1. The molecule has 0 bridgehead atoms. The number of hydrogen-bond acceptors (Lipinski definition) is 8. The van der Waals surface area contributed by atoms with Crippen molar-refractivity contribution < 1.29 is 32.2 Å². The molecular weight excluding hydrogens is 649 g/mol. The van der Waals surface area contributed by atoms with Gasteiger partial charge < -0.3 is 18.9 Å². The van der Waals surface area contributed by atoms with Gasteiger partial charge in [0.2, 0.25) is 10.0 Å². The number of ether oxygens (including phenoxy) is 4. The number of sulfonamides is 1. The highest BCUT2D eigenvalue weighted by Crippen LogP contribution is 2.37. The molecule has 0 radical (unpaired) electrons. The molecule has 0 aliphatic carbocycles. The van der Waals surface area contributed by atoms with Gasteiger partial charge in [-0.15, -0.1) is 0 Å². The number of carbonyl (C=O) groups excluding carboxylic acids is 1. The van der Waals surface area contributed by atoms with Crippen LogP contribution >= 0.6 is 39.1 Å². The second-order valence-corrected chi connectivity index (χ2v) is 11.7. The van der Waals surface area contributed by atoms with Gasteiger partial charge in [-0.3, -0.25) is 9.10 Å². The van der Waals surface area contributed by atoms with Crippen molar-refractivity contribution in [3.05, 3.63) is 74.2 Å². The van der Waals surface area contributed by atoms with E-state index in [1.54, 1.807) is 42.5 Å². The minimum atomic E-state index is -3.86. The van der Waals surface area contributed by atoms with Crippen LogP contribution in [0.1, 0.15) is 11.1 Å². The summed E-state index contributed by atoms with van der Waals surface area (Å²) in [5, 5.41) is 4.83. The van der Waals surface area contributed by atoms with Crippen molar-refractivity contribution in [2.75, 3.05) is 38.4 Å². The molecule has 14 heteroatoms. The van der Waals surface area contributed by atoms with Gasteiger partial charge in [0.05, 0.1) is 54.0 Å². The van der Waals surface area contributed by atoms with Gasteiger partial charge in [-0.2, -0.15) is 5.10 Å². The number of halogens is 3. The van der Waals surface area contributed by atoms with Crippen LogP contribution in [0, 0.1) is 0 Å². The second kappa shape index (κ2) is 13.9. The van der Waals surface area contributed by atoms with E-state index in [-0.39, 0.29) is 18.0 Å². The standard InChI is InChI=1S/C26H26BrCl2N3O7S/c1-36-18-6-8-23(37-2)22(12-18)32(40(4,34)35)14-25(33)31-30-13-17-9-19(27)26(24(11-17)38-3)39-15-16-5-7-20(28)21(29)10-16/h5-13H,14-15H2,1-4H3,(H,31,33)/b30-13-. The zero-order valence-corrected chi connectivity index (χ0v) is 25.8. The molecule has 1 N–H and O–H groups in total. The molecule has 0 fully saturated rings. The lowest BCUT2D eigenvalue weighted by Crippen LogP contribution is -2.39. The van der Waals surface area contributed by atoms with Crippen LogP contribution in [-0.4, -0.2) is 54.7 Å². The Morgan fingerprint density at radius 2 is 1.73 bits per heavy atom. The van der Waals surface area contributed by atoms with Gasteiger partial charge in [0, 0.05) is 6.07 Å².